The monoisotopic (exact) mass is 299 g/mol. The molecule has 3 N–H and O–H groups in total. The summed E-state index contributed by atoms with van der Waals surface area (Å²) < 4.78 is 0. The number of aryl methyl sites for hydroxylation is 1. The molecule has 0 aromatic carbocycles. The molecule has 0 saturated heterocycles. The molecule has 0 aliphatic rings. The summed E-state index contributed by atoms with van der Waals surface area (Å²) in [4.78, 5) is 25.7. The van der Waals surface area contributed by atoms with Crippen LogP contribution in [-0.2, 0) is 6.54 Å². The van der Waals surface area contributed by atoms with E-state index in [4.69, 9.17) is 5.73 Å². The van der Waals surface area contributed by atoms with Crippen LogP contribution in [0.25, 0.3) is 10.3 Å². The number of carbonyl (C=O) groups excluding carboxylic acids is 1. The number of hydrogen-bond acceptors (Lipinski definition) is 6. The zero-order valence-corrected chi connectivity index (χ0v) is 12.1. The van der Waals surface area contributed by atoms with Crippen molar-refractivity contribution in [2.24, 2.45) is 0 Å². The number of nitrogens with zero attached hydrogens (tertiary/aromatic N) is 3. The Kier molecular flexibility index (Phi) is 3.49. The van der Waals surface area contributed by atoms with E-state index in [0.29, 0.717) is 27.5 Å². The highest BCUT2D eigenvalue weighted by molar-refractivity contribution is 7.21. The molecular weight excluding hydrogens is 286 g/mol. The first-order valence-corrected chi connectivity index (χ1v) is 7.15. The average molecular weight is 299 g/mol. The Balaban J connectivity index is 1.81. The minimum Gasteiger partial charge on any atom is -0.396 e. The fraction of sp³-hybridized carbons (Fsp3) is 0.143. The van der Waals surface area contributed by atoms with E-state index in [9.17, 15) is 4.79 Å². The Labute approximate surface area is 125 Å². The lowest BCUT2D eigenvalue weighted by Gasteiger charge is -2.06. The van der Waals surface area contributed by atoms with Crippen LogP contribution in [0.5, 0.6) is 0 Å². The molecule has 0 radical (unpaired) electrons. The summed E-state index contributed by atoms with van der Waals surface area (Å²) in [5.74, 6) is -0.214. The summed E-state index contributed by atoms with van der Waals surface area (Å²) in [6.45, 7) is 2.39. The van der Waals surface area contributed by atoms with Crippen molar-refractivity contribution in [3.05, 3.63) is 46.9 Å². The Bertz CT molecular complexity index is 814. The summed E-state index contributed by atoms with van der Waals surface area (Å²) in [6, 6.07) is 1.88. The normalized spacial score (nSPS) is 10.7. The summed E-state index contributed by atoms with van der Waals surface area (Å²) in [7, 11) is 0. The molecule has 106 valence electrons. The largest absolute Gasteiger partial charge is 0.396 e. The second-order valence-corrected chi connectivity index (χ2v) is 5.54. The van der Waals surface area contributed by atoms with Gasteiger partial charge in [0.1, 0.15) is 15.2 Å². The highest BCUT2D eigenvalue weighted by atomic mass is 32.1. The van der Waals surface area contributed by atoms with Gasteiger partial charge in [0.05, 0.1) is 5.69 Å². The van der Waals surface area contributed by atoms with E-state index in [1.807, 2.05) is 13.0 Å². The van der Waals surface area contributed by atoms with Gasteiger partial charge in [-0.2, -0.15) is 0 Å². The fourth-order valence-corrected chi connectivity index (χ4v) is 2.91. The fourth-order valence-electron chi connectivity index (χ4n) is 1.97. The van der Waals surface area contributed by atoms with Gasteiger partial charge in [0.15, 0.2) is 0 Å². The van der Waals surface area contributed by atoms with Crippen molar-refractivity contribution < 1.29 is 4.79 Å². The summed E-state index contributed by atoms with van der Waals surface area (Å²) in [5, 5.41) is 2.87. The smallest absolute Gasteiger partial charge is 0.263 e. The Hall–Kier alpha value is -2.54. The standard InChI is InChI=1S/C14H13N5OS/c1-8-6-16-3-2-9(8)7-19-13(20)12-10(15)11-14(21-12)18-5-4-17-11/h2-6H,7,15H2,1H3,(H,19,20). The number of carbonyl (C=O) groups is 1. The number of nitrogens with two attached hydrogens (primary N) is 1. The van der Waals surface area contributed by atoms with E-state index in [0.717, 1.165) is 11.1 Å². The molecule has 0 spiro atoms. The number of nitrogens with one attached hydrogen (secondary N) is 1. The molecule has 3 aromatic rings. The van der Waals surface area contributed by atoms with Crippen LogP contribution in [0.2, 0.25) is 0 Å². The van der Waals surface area contributed by atoms with E-state index in [1.165, 1.54) is 11.3 Å². The molecule has 0 atom stereocenters. The Morgan fingerprint density at radius 3 is 2.90 bits per heavy atom. The van der Waals surface area contributed by atoms with E-state index in [1.54, 1.807) is 24.8 Å². The molecule has 0 aliphatic heterocycles. The first-order valence-electron chi connectivity index (χ1n) is 6.33. The van der Waals surface area contributed by atoms with E-state index in [2.05, 4.69) is 20.3 Å². The van der Waals surface area contributed by atoms with Crippen molar-refractivity contribution in [3.8, 4) is 0 Å². The second-order valence-electron chi connectivity index (χ2n) is 4.54. The van der Waals surface area contributed by atoms with Gasteiger partial charge in [-0.05, 0) is 24.1 Å². The first-order chi connectivity index (χ1) is 10.2. The van der Waals surface area contributed by atoms with Gasteiger partial charge in [0.25, 0.3) is 5.91 Å². The lowest BCUT2D eigenvalue weighted by Crippen LogP contribution is -2.23. The second kappa shape index (κ2) is 5.45. The SMILES string of the molecule is Cc1cnccc1CNC(=O)c1sc2nccnc2c1N. The molecule has 0 unspecified atom stereocenters. The zero-order chi connectivity index (χ0) is 14.8. The van der Waals surface area contributed by atoms with Crippen LogP contribution < -0.4 is 11.1 Å². The Morgan fingerprint density at radius 2 is 2.14 bits per heavy atom. The van der Waals surface area contributed by atoms with Crippen LogP contribution >= 0.6 is 11.3 Å². The van der Waals surface area contributed by atoms with E-state index < -0.39 is 0 Å². The molecular formula is C14H13N5OS. The summed E-state index contributed by atoms with van der Waals surface area (Å²) in [5.41, 5.74) is 8.99. The third-order valence-electron chi connectivity index (χ3n) is 3.15. The van der Waals surface area contributed by atoms with Crippen LogP contribution in [0.15, 0.2) is 30.9 Å². The topological polar surface area (TPSA) is 93.8 Å². The van der Waals surface area contributed by atoms with Gasteiger partial charge in [0, 0.05) is 31.3 Å². The average Bonchev–Trinajstić information content (AvgIpc) is 2.84. The van der Waals surface area contributed by atoms with Crippen molar-refractivity contribution >= 4 is 33.3 Å². The van der Waals surface area contributed by atoms with Gasteiger partial charge in [0.2, 0.25) is 0 Å². The molecule has 3 rings (SSSR count). The van der Waals surface area contributed by atoms with Crippen LogP contribution in [-0.4, -0.2) is 20.9 Å². The Morgan fingerprint density at radius 1 is 1.33 bits per heavy atom. The number of hydrogen-bond donors (Lipinski definition) is 2. The third-order valence-corrected chi connectivity index (χ3v) is 4.25. The molecule has 6 nitrogen and oxygen atoms in total. The van der Waals surface area contributed by atoms with Gasteiger partial charge in [-0.15, -0.1) is 11.3 Å². The predicted molar refractivity (Wildman–Crippen MR) is 82.0 cm³/mol. The van der Waals surface area contributed by atoms with Crippen LogP contribution in [0.1, 0.15) is 20.8 Å². The molecule has 1 amide bonds. The van der Waals surface area contributed by atoms with Crippen molar-refractivity contribution in [2.45, 2.75) is 13.5 Å². The van der Waals surface area contributed by atoms with E-state index >= 15 is 0 Å². The number of pyridine rings is 1. The van der Waals surface area contributed by atoms with Crippen molar-refractivity contribution in [3.63, 3.8) is 0 Å². The molecule has 21 heavy (non-hydrogen) atoms. The molecule has 0 saturated carbocycles. The number of amides is 1. The molecule has 7 heteroatoms. The molecule has 3 heterocycles. The lowest BCUT2D eigenvalue weighted by molar-refractivity contribution is 0.0956. The highest BCUT2D eigenvalue weighted by Crippen LogP contribution is 2.30. The quantitative estimate of drug-likeness (QED) is 0.770. The van der Waals surface area contributed by atoms with Gasteiger partial charge < -0.3 is 11.1 Å². The minimum absolute atomic E-state index is 0.214. The summed E-state index contributed by atoms with van der Waals surface area (Å²) >= 11 is 1.25. The van der Waals surface area contributed by atoms with Gasteiger partial charge in [-0.3, -0.25) is 9.78 Å². The maximum absolute atomic E-state index is 12.3. The van der Waals surface area contributed by atoms with Crippen LogP contribution in [0, 0.1) is 6.92 Å². The minimum atomic E-state index is -0.214. The molecule has 0 fully saturated rings. The van der Waals surface area contributed by atoms with Crippen LogP contribution in [0.4, 0.5) is 5.69 Å². The summed E-state index contributed by atoms with van der Waals surface area (Å²) in [6.07, 6.45) is 6.62. The van der Waals surface area contributed by atoms with Crippen molar-refractivity contribution in [1.29, 1.82) is 0 Å². The van der Waals surface area contributed by atoms with Gasteiger partial charge in [-0.25, -0.2) is 9.97 Å². The van der Waals surface area contributed by atoms with Gasteiger partial charge >= 0.3 is 0 Å². The van der Waals surface area contributed by atoms with Gasteiger partial charge in [-0.1, -0.05) is 0 Å². The molecule has 0 aliphatic carbocycles. The maximum Gasteiger partial charge on any atom is 0.263 e. The van der Waals surface area contributed by atoms with E-state index in [-0.39, 0.29) is 5.91 Å². The number of aromatic nitrogens is 3. The molecule has 0 bridgehead atoms. The number of thiophene rings is 1. The number of anilines is 1. The predicted octanol–water partition coefficient (Wildman–Crippen LogP) is 1.91. The number of fused-ring (bicyclic) bond motifs is 1. The third kappa shape index (κ3) is 2.55. The number of rotatable bonds is 3. The van der Waals surface area contributed by atoms with Crippen LogP contribution in [0.3, 0.4) is 0 Å². The first kappa shape index (κ1) is 13.4. The highest BCUT2D eigenvalue weighted by Gasteiger charge is 2.17. The number of nitrogen functional groups attached to an aromatic ring is 1. The lowest BCUT2D eigenvalue weighted by atomic mass is 10.1. The maximum atomic E-state index is 12.3. The van der Waals surface area contributed by atoms with Crippen molar-refractivity contribution in [2.75, 3.05) is 5.73 Å². The van der Waals surface area contributed by atoms with Crippen molar-refractivity contribution in [1.82, 2.24) is 20.3 Å². The molecule has 3 aromatic heterocycles. The zero-order valence-electron chi connectivity index (χ0n) is 11.3.